The molecule has 1 aromatic carbocycles. The first kappa shape index (κ1) is 14.5. The number of primary amides is 1. The number of benzene rings is 1. The summed E-state index contributed by atoms with van der Waals surface area (Å²) in [5.41, 5.74) is 9.19. The van der Waals surface area contributed by atoms with Crippen LogP contribution in [0.1, 0.15) is 28.0 Å². The van der Waals surface area contributed by atoms with E-state index in [2.05, 4.69) is 40.2 Å². The lowest BCUT2D eigenvalue weighted by atomic mass is 10.0. The number of amides is 1. The highest BCUT2D eigenvalue weighted by Crippen LogP contribution is 2.21. The lowest BCUT2D eigenvalue weighted by molar-refractivity contribution is 0.1000. The van der Waals surface area contributed by atoms with E-state index < -0.39 is 5.91 Å². The van der Waals surface area contributed by atoms with Gasteiger partial charge in [-0.15, -0.1) is 0 Å². The molecule has 22 heavy (non-hydrogen) atoms. The molecule has 0 bridgehead atoms. The maximum Gasteiger partial charge on any atom is 0.250 e. The Morgan fingerprint density at radius 3 is 2.59 bits per heavy atom. The molecule has 3 rings (SSSR count). The minimum absolute atomic E-state index is 0.439. The Morgan fingerprint density at radius 1 is 1.18 bits per heavy atom. The first-order valence-corrected chi connectivity index (χ1v) is 7.44. The molecule has 0 saturated heterocycles. The molecular formula is C18H19N3O. The SMILES string of the molecule is NC(=O)c1ccc(C2=CCN(Cc3ccccc3)CC2)nc1. The Labute approximate surface area is 130 Å². The largest absolute Gasteiger partial charge is 0.366 e. The Hall–Kier alpha value is -2.46. The lowest BCUT2D eigenvalue weighted by Crippen LogP contribution is -2.28. The molecule has 0 atom stereocenters. The van der Waals surface area contributed by atoms with Gasteiger partial charge in [0, 0.05) is 25.8 Å². The van der Waals surface area contributed by atoms with Crippen molar-refractivity contribution >= 4 is 11.5 Å². The minimum atomic E-state index is -0.439. The smallest absolute Gasteiger partial charge is 0.250 e. The van der Waals surface area contributed by atoms with Gasteiger partial charge in [-0.25, -0.2) is 0 Å². The molecule has 1 aliphatic rings. The molecule has 4 nitrogen and oxygen atoms in total. The number of hydrogen-bond acceptors (Lipinski definition) is 3. The Kier molecular flexibility index (Phi) is 4.30. The zero-order valence-electron chi connectivity index (χ0n) is 12.4. The number of rotatable bonds is 4. The number of carbonyl (C=O) groups is 1. The molecule has 0 spiro atoms. The topological polar surface area (TPSA) is 59.2 Å². The molecule has 0 unspecified atom stereocenters. The highest BCUT2D eigenvalue weighted by atomic mass is 16.1. The van der Waals surface area contributed by atoms with Crippen molar-refractivity contribution in [2.75, 3.05) is 13.1 Å². The molecule has 112 valence electrons. The summed E-state index contributed by atoms with van der Waals surface area (Å²) in [5, 5.41) is 0. The first-order valence-electron chi connectivity index (χ1n) is 7.44. The fraction of sp³-hybridized carbons (Fsp3) is 0.222. The van der Waals surface area contributed by atoms with Crippen LogP contribution in [0.15, 0.2) is 54.7 Å². The van der Waals surface area contributed by atoms with E-state index in [1.165, 1.54) is 11.1 Å². The van der Waals surface area contributed by atoms with Gasteiger partial charge < -0.3 is 5.73 Å². The normalized spacial score (nSPS) is 15.4. The molecule has 2 heterocycles. The zero-order chi connectivity index (χ0) is 15.4. The molecule has 1 aliphatic heterocycles. The molecular weight excluding hydrogens is 274 g/mol. The maximum absolute atomic E-state index is 11.1. The van der Waals surface area contributed by atoms with Crippen LogP contribution in [0.5, 0.6) is 0 Å². The highest BCUT2D eigenvalue weighted by molar-refractivity contribution is 5.92. The first-order chi connectivity index (χ1) is 10.7. The van der Waals surface area contributed by atoms with Gasteiger partial charge in [-0.2, -0.15) is 0 Å². The molecule has 0 radical (unpaired) electrons. The maximum atomic E-state index is 11.1. The molecule has 1 amide bonds. The van der Waals surface area contributed by atoms with Crippen LogP contribution in [-0.2, 0) is 6.54 Å². The van der Waals surface area contributed by atoms with Gasteiger partial charge in [0.25, 0.3) is 0 Å². The Bertz CT molecular complexity index is 677. The average molecular weight is 293 g/mol. The van der Waals surface area contributed by atoms with E-state index >= 15 is 0 Å². The summed E-state index contributed by atoms with van der Waals surface area (Å²) in [6, 6.07) is 14.1. The van der Waals surface area contributed by atoms with Crippen LogP contribution < -0.4 is 5.73 Å². The summed E-state index contributed by atoms with van der Waals surface area (Å²) in [6.45, 7) is 2.90. The zero-order valence-corrected chi connectivity index (χ0v) is 12.4. The van der Waals surface area contributed by atoms with Gasteiger partial charge >= 0.3 is 0 Å². The van der Waals surface area contributed by atoms with E-state index in [-0.39, 0.29) is 0 Å². The quantitative estimate of drug-likeness (QED) is 0.942. The van der Waals surface area contributed by atoms with Gasteiger partial charge in [-0.1, -0.05) is 36.4 Å². The minimum Gasteiger partial charge on any atom is -0.366 e. The monoisotopic (exact) mass is 293 g/mol. The van der Waals surface area contributed by atoms with Crippen LogP contribution in [0.2, 0.25) is 0 Å². The third-order valence-electron chi connectivity index (χ3n) is 3.92. The summed E-state index contributed by atoms with van der Waals surface area (Å²) in [6.07, 6.45) is 4.74. The summed E-state index contributed by atoms with van der Waals surface area (Å²) < 4.78 is 0. The summed E-state index contributed by atoms with van der Waals surface area (Å²) in [7, 11) is 0. The van der Waals surface area contributed by atoms with Gasteiger partial charge in [0.15, 0.2) is 0 Å². The van der Waals surface area contributed by atoms with Crippen molar-refractivity contribution in [3.8, 4) is 0 Å². The van der Waals surface area contributed by atoms with Crippen LogP contribution in [0.25, 0.3) is 5.57 Å². The molecule has 0 saturated carbocycles. The summed E-state index contributed by atoms with van der Waals surface area (Å²) >= 11 is 0. The highest BCUT2D eigenvalue weighted by Gasteiger charge is 2.14. The van der Waals surface area contributed by atoms with E-state index in [0.29, 0.717) is 5.56 Å². The lowest BCUT2D eigenvalue weighted by Gasteiger charge is -2.26. The number of nitrogens with zero attached hydrogens (tertiary/aromatic N) is 2. The molecule has 1 aromatic heterocycles. The molecule has 4 heteroatoms. The number of aromatic nitrogens is 1. The van der Waals surface area contributed by atoms with Crippen LogP contribution in [0, 0.1) is 0 Å². The fourth-order valence-corrected chi connectivity index (χ4v) is 2.66. The van der Waals surface area contributed by atoms with E-state index in [1.807, 2.05) is 12.1 Å². The van der Waals surface area contributed by atoms with E-state index in [0.717, 1.165) is 31.7 Å². The Balaban J connectivity index is 1.64. The van der Waals surface area contributed by atoms with Crippen molar-refractivity contribution < 1.29 is 4.79 Å². The second-order valence-electron chi connectivity index (χ2n) is 5.50. The van der Waals surface area contributed by atoms with Gasteiger partial charge in [0.05, 0.1) is 11.3 Å². The molecule has 0 aliphatic carbocycles. The van der Waals surface area contributed by atoms with Crippen molar-refractivity contribution in [1.82, 2.24) is 9.88 Å². The standard InChI is InChI=1S/C18H19N3O/c19-18(22)16-6-7-17(20-12-16)15-8-10-21(11-9-15)13-14-4-2-1-3-5-14/h1-8,12H,9-11,13H2,(H2,19,22). The van der Waals surface area contributed by atoms with Crippen molar-refractivity contribution in [3.63, 3.8) is 0 Å². The van der Waals surface area contributed by atoms with Gasteiger partial charge in [-0.05, 0) is 29.7 Å². The number of nitrogens with two attached hydrogens (primary N) is 1. The molecule has 0 fully saturated rings. The number of hydrogen-bond donors (Lipinski definition) is 1. The Morgan fingerprint density at radius 2 is 2.00 bits per heavy atom. The van der Waals surface area contributed by atoms with Crippen molar-refractivity contribution in [2.24, 2.45) is 5.73 Å². The van der Waals surface area contributed by atoms with E-state index in [4.69, 9.17) is 5.73 Å². The third kappa shape index (κ3) is 3.40. The second-order valence-corrected chi connectivity index (χ2v) is 5.50. The van der Waals surface area contributed by atoms with Crippen LogP contribution in [0.4, 0.5) is 0 Å². The fourth-order valence-electron chi connectivity index (χ4n) is 2.66. The van der Waals surface area contributed by atoms with Crippen molar-refractivity contribution in [3.05, 3.63) is 71.6 Å². The number of carbonyl (C=O) groups excluding carboxylic acids is 1. The van der Waals surface area contributed by atoms with E-state index in [9.17, 15) is 4.79 Å². The predicted octanol–water partition coefficient (Wildman–Crippen LogP) is 2.47. The van der Waals surface area contributed by atoms with Crippen molar-refractivity contribution in [2.45, 2.75) is 13.0 Å². The second kappa shape index (κ2) is 6.54. The van der Waals surface area contributed by atoms with Crippen molar-refractivity contribution in [1.29, 1.82) is 0 Å². The van der Waals surface area contributed by atoms with Crippen LogP contribution >= 0.6 is 0 Å². The van der Waals surface area contributed by atoms with Crippen LogP contribution in [-0.4, -0.2) is 28.9 Å². The predicted molar refractivity (Wildman–Crippen MR) is 87.1 cm³/mol. The van der Waals surface area contributed by atoms with E-state index in [1.54, 1.807) is 12.3 Å². The van der Waals surface area contributed by atoms with Gasteiger partial charge in [0.1, 0.15) is 0 Å². The third-order valence-corrected chi connectivity index (χ3v) is 3.92. The van der Waals surface area contributed by atoms with Gasteiger partial charge in [-0.3, -0.25) is 14.7 Å². The van der Waals surface area contributed by atoms with Crippen LogP contribution in [0.3, 0.4) is 0 Å². The molecule has 2 N–H and O–H groups in total. The number of pyridine rings is 1. The summed E-state index contributed by atoms with van der Waals surface area (Å²) in [4.78, 5) is 17.8. The van der Waals surface area contributed by atoms with Gasteiger partial charge in [0.2, 0.25) is 5.91 Å². The summed E-state index contributed by atoms with van der Waals surface area (Å²) in [5.74, 6) is -0.439. The average Bonchev–Trinajstić information content (AvgIpc) is 2.57. The molecule has 2 aromatic rings.